The van der Waals surface area contributed by atoms with E-state index in [2.05, 4.69) is 0 Å². The summed E-state index contributed by atoms with van der Waals surface area (Å²) in [5, 5.41) is 10.0. The van der Waals surface area contributed by atoms with Gasteiger partial charge in [-0.1, -0.05) is 0 Å². The standard InChI is InChI=1S/C9H19NO3S/c1-14(12,13)7-6-9(11)4-2-8(10)3-5-9/h8,11H,2-7,10H2,1H3. The van der Waals surface area contributed by atoms with Crippen molar-refractivity contribution in [1.82, 2.24) is 0 Å². The van der Waals surface area contributed by atoms with Gasteiger partial charge in [0.1, 0.15) is 9.84 Å². The van der Waals surface area contributed by atoms with E-state index in [-0.39, 0.29) is 11.8 Å². The lowest BCUT2D eigenvalue weighted by molar-refractivity contribution is -0.00280. The van der Waals surface area contributed by atoms with Crippen LogP contribution in [0.15, 0.2) is 0 Å². The molecule has 0 spiro atoms. The van der Waals surface area contributed by atoms with Gasteiger partial charge in [0.2, 0.25) is 0 Å². The van der Waals surface area contributed by atoms with Gasteiger partial charge < -0.3 is 10.8 Å². The van der Waals surface area contributed by atoms with Crippen molar-refractivity contribution in [2.75, 3.05) is 12.0 Å². The molecule has 0 amide bonds. The fraction of sp³-hybridized carbons (Fsp3) is 1.00. The highest BCUT2D eigenvalue weighted by atomic mass is 32.2. The predicted molar refractivity (Wildman–Crippen MR) is 55.7 cm³/mol. The first-order chi connectivity index (χ1) is 6.31. The molecule has 3 N–H and O–H groups in total. The van der Waals surface area contributed by atoms with Crippen LogP contribution in [0.1, 0.15) is 32.1 Å². The van der Waals surface area contributed by atoms with Crippen LogP contribution in [0.5, 0.6) is 0 Å². The van der Waals surface area contributed by atoms with Crippen LogP contribution >= 0.6 is 0 Å². The van der Waals surface area contributed by atoms with E-state index in [0.29, 0.717) is 19.3 Å². The summed E-state index contributed by atoms with van der Waals surface area (Å²) in [4.78, 5) is 0. The van der Waals surface area contributed by atoms with Crippen molar-refractivity contribution in [2.45, 2.75) is 43.7 Å². The largest absolute Gasteiger partial charge is 0.390 e. The van der Waals surface area contributed by atoms with Gasteiger partial charge in [0.25, 0.3) is 0 Å². The zero-order valence-electron chi connectivity index (χ0n) is 8.57. The first kappa shape index (κ1) is 11.9. The van der Waals surface area contributed by atoms with E-state index in [1.807, 2.05) is 0 Å². The molecule has 5 heteroatoms. The second kappa shape index (κ2) is 4.16. The highest BCUT2D eigenvalue weighted by molar-refractivity contribution is 7.90. The molecule has 4 nitrogen and oxygen atoms in total. The van der Waals surface area contributed by atoms with Crippen LogP contribution in [0.3, 0.4) is 0 Å². The van der Waals surface area contributed by atoms with Gasteiger partial charge in [-0.3, -0.25) is 0 Å². The Balaban J connectivity index is 2.43. The van der Waals surface area contributed by atoms with Gasteiger partial charge in [-0.05, 0) is 32.1 Å². The van der Waals surface area contributed by atoms with Gasteiger partial charge >= 0.3 is 0 Å². The fourth-order valence-corrected chi connectivity index (χ4v) is 2.55. The number of aliphatic hydroxyl groups is 1. The van der Waals surface area contributed by atoms with E-state index in [1.165, 1.54) is 6.26 Å². The van der Waals surface area contributed by atoms with E-state index in [4.69, 9.17) is 5.73 Å². The number of hydrogen-bond acceptors (Lipinski definition) is 4. The van der Waals surface area contributed by atoms with E-state index in [9.17, 15) is 13.5 Å². The number of hydrogen-bond donors (Lipinski definition) is 2. The second-order valence-corrected chi connectivity index (χ2v) is 6.70. The molecule has 84 valence electrons. The summed E-state index contributed by atoms with van der Waals surface area (Å²) in [5.74, 6) is 0.0682. The Hall–Kier alpha value is -0.130. The monoisotopic (exact) mass is 221 g/mol. The maximum atomic E-state index is 10.9. The zero-order valence-corrected chi connectivity index (χ0v) is 9.39. The number of nitrogens with two attached hydrogens (primary N) is 1. The maximum absolute atomic E-state index is 10.9. The van der Waals surface area contributed by atoms with Gasteiger partial charge in [-0.25, -0.2) is 8.42 Å². The highest BCUT2D eigenvalue weighted by Crippen LogP contribution is 2.30. The minimum absolute atomic E-state index is 0.0682. The summed E-state index contributed by atoms with van der Waals surface area (Å²) in [5.41, 5.74) is 4.92. The molecule has 0 heterocycles. The van der Waals surface area contributed by atoms with Crippen molar-refractivity contribution >= 4 is 9.84 Å². The normalized spacial score (nSPS) is 34.4. The molecule has 0 aromatic carbocycles. The van der Waals surface area contributed by atoms with Gasteiger partial charge in [0, 0.05) is 12.3 Å². The summed E-state index contributed by atoms with van der Waals surface area (Å²) in [6.07, 6.45) is 4.39. The van der Waals surface area contributed by atoms with Crippen LogP contribution in [0, 0.1) is 0 Å². The quantitative estimate of drug-likeness (QED) is 0.706. The summed E-state index contributed by atoms with van der Waals surface area (Å²) >= 11 is 0. The molecule has 1 fully saturated rings. The van der Waals surface area contributed by atoms with Gasteiger partial charge in [0.15, 0.2) is 0 Å². The van der Waals surface area contributed by atoms with Crippen LogP contribution in [-0.4, -0.2) is 37.2 Å². The van der Waals surface area contributed by atoms with Gasteiger partial charge in [0.05, 0.1) is 11.4 Å². The lowest BCUT2D eigenvalue weighted by Crippen LogP contribution is -2.40. The van der Waals surface area contributed by atoms with Gasteiger partial charge in [-0.2, -0.15) is 0 Å². The molecular formula is C9H19NO3S. The molecule has 0 aromatic rings. The maximum Gasteiger partial charge on any atom is 0.147 e. The molecule has 1 saturated carbocycles. The molecule has 0 atom stereocenters. The summed E-state index contributed by atoms with van der Waals surface area (Å²) in [6.45, 7) is 0. The Kier molecular flexibility index (Phi) is 3.55. The molecule has 14 heavy (non-hydrogen) atoms. The summed E-state index contributed by atoms with van der Waals surface area (Å²) in [6, 6.07) is 0.175. The van der Waals surface area contributed by atoms with Crippen LogP contribution in [0.2, 0.25) is 0 Å². The topological polar surface area (TPSA) is 80.4 Å². The molecule has 1 aliphatic carbocycles. The Bertz CT molecular complexity index is 278. The molecular weight excluding hydrogens is 202 g/mol. The molecule has 1 aliphatic rings. The molecule has 0 saturated heterocycles. The Morgan fingerprint density at radius 3 is 2.36 bits per heavy atom. The Labute approximate surface area is 85.4 Å². The average Bonchev–Trinajstić information content (AvgIpc) is 2.07. The molecule has 0 aliphatic heterocycles. The van der Waals surface area contributed by atoms with E-state index in [0.717, 1.165) is 12.8 Å². The Morgan fingerprint density at radius 1 is 1.43 bits per heavy atom. The van der Waals surface area contributed by atoms with Crippen molar-refractivity contribution in [3.8, 4) is 0 Å². The van der Waals surface area contributed by atoms with E-state index < -0.39 is 15.4 Å². The molecule has 0 bridgehead atoms. The van der Waals surface area contributed by atoms with Crippen molar-refractivity contribution in [3.63, 3.8) is 0 Å². The third-order valence-electron chi connectivity index (χ3n) is 2.90. The van der Waals surface area contributed by atoms with Crippen molar-refractivity contribution in [3.05, 3.63) is 0 Å². The molecule has 0 aromatic heterocycles. The summed E-state index contributed by atoms with van der Waals surface area (Å²) < 4.78 is 21.9. The van der Waals surface area contributed by atoms with Crippen molar-refractivity contribution < 1.29 is 13.5 Å². The summed E-state index contributed by atoms with van der Waals surface area (Å²) in [7, 11) is -2.97. The van der Waals surface area contributed by atoms with E-state index >= 15 is 0 Å². The Morgan fingerprint density at radius 2 is 1.93 bits per heavy atom. The molecule has 0 unspecified atom stereocenters. The van der Waals surface area contributed by atoms with Crippen LogP contribution < -0.4 is 5.73 Å². The number of rotatable bonds is 3. The minimum Gasteiger partial charge on any atom is -0.390 e. The SMILES string of the molecule is CS(=O)(=O)CCC1(O)CCC(N)CC1. The predicted octanol–water partition coefficient (Wildman–Crippen LogP) is 0.0535. The first-order valence-corrected chi connectivity index (χ1v) is 7.02. The molecule has 1 rings (SSSR count). The average molecular weight is 221 g/mol. The second-order valence-electron chi connectivity index (χ2n) is 4.44. The third-order valence-corrected chi connectivity index (χ3v) is 3.84. The van der Waals surface area contributed by atoms with Crippen molar-refractivity contribution in [1.29, 1.82) is 0 Å². The smallest absolute Gasteiger partial charge is 0.147 e. The lowest BCUT2D eigenvalue weighted by Gasteiger charge is -2.34. The lowest BCUT2D eigenvalue weighted by atomic mass is 9.81. The first-order valence-electron chi connectivity index (χ1n) is 4.96. The van der Waals surface area contributed by atoms with Crippen molar-refractivity contribution in [2.24, 2.45) is 5.73 Å². The van der Waals surface area contributed by atoms with Crippen LogP contribution in [0.25, 0.3) is 0 Å². The minimum atomic E-state index is -2.97. The van der Waals surface area contributed by atoms with Crippen LogP contribution in [0.4, 0.5) is 0 Å². The third kappa shape index (κ3) is 3.94. The van der Waals surface area contributed by atoms with E-state index in [1.54, 1.807) is 0 Å². The zero-order chi connectivity index (χ0) is 10.8. The highest BCUT2D eigenvalue weighted by Gasteiger charge is 2.32. The van der Waals surface area contributed by atoms with Crippen LogP contribution in [-0.2, 0) is 9.84 Å². The fourth-order valence-electron chi connectivity index (χ4n) is 1.80. The van der Waals surface area contributed by atoms with Gasteiger partial charge in [-0.15, -0.1) is 0 Å². The molecule has 0 radical (unpaired) electrons. The number of sulfone groups is 1.